The second-order valence-electron chi connectivity index (χ2n) is 5.47. The summed E-state index contributed by atoms with van der Waals surface area (Å²) in [5.74, 6) is 1.01. The first-order chi connectivity index (χ1) is 9.09. The highest BCUT2D eigenvalue weighted by atomic mass is 16.5. The summed E-state index contributed by atoms with van der Waals surface area (Å²) in [4.78, 5) is 0. The van der Waals surface area contributed by atoms with Crippen molar-refractivity contribution in [2.24, 2.45) is 0 Å². The molecule has 1 aliphatic heterocycles. The molecule has 1 aromatic carbocycles. The fourth-order valence-corrected chi connectivity index (χ4v) is 2.52. The van der Waals surface area contributed by atoms with Crippen molar-refractivity contribution < 1.29 is 14.6 Å². The van der Waals surface area contributed by atoms with Crippen molar-refractivity contribution in [3.05, 3.63) is 29.3 Å². The number of methoxy groups -OCH3 is 1. The van der Waals surface area contributed by atoms with Gasteiger partial charge in [-0.15, -0.1) is 0 Å². The first-order valence-corrected chi connectivity index (χ1v) is 7.07. The van der Waals surface area contributed by atoms with E-state index >= 15 is 0 Å². The summed E-state index contributed by atoms with van der Waals surface area (Å²) in [5, 5.41) is 10.3. The zero-order chi connectivity index (χ0) is 13.9. The van der Waals surface area contributed by atoms with Crippen LogP contribution in [0.4, 0.5) is 0 Å². The molecule has 1 N–H and O–H groups in total. The van der Waals surface area contributed by atoms with E-state index in [2.05, 4.69) is 12.1 Å². The number of hydrogen-bond donors (Lipinski definition) is 1. The predicted molar refractivity (Wildman–Crippen MR) is 75.7 cm³/mol. The van der Waals surface area contributed by atoms with Gasteiger partial charge in [0.25, 0.3) is 0 Å². The molecule has 2 rings (SSSR count). The lowest BCUT2D eigenvalue weighted by atomic mass is 9.91. The third-order valence-corrected chi connectivity index (χ3v) is 4.33. The Labute approximate surface area is 115 Å². The van der Waals surface area contributed by atoms with Gasteiger partial charge in [0.15, 0.2) is 0 Å². The van der Waals surface area contributed by atoms with Gasteiger partial charge in [0.2, 0.25) is 0 Å². The molecule has 0 saturated carbocycles. The first kappa shape index (κ1) is 14.4. The quantitative estimate of drug-likeness (QED) is 0.858. The first-order valence-electron chi connectivity index (χ1n) is 7.07. The van der Waals surface area contributed by atoms with E-state index in [0.717, 1.165) is 38.0 Å². The van der Waals surface area contributed by atoms with E-state index < -0.39 is 11.7 Å². The van der Waals surface area contributed by atoms with Gasteiger partial charge < -0.3 is 14.6 Å². The molecule has 0 aromatic heterocycles. The molecule has 106 valence electrons. The Balaban J connectivity index is 1.95. The maximum Gasteiger partial charge on any atom is 0.122 e. The molecule has 2 unspecified atom stereocenters. The lowest BCUT2D eigenvalue weighted by Crippen LogP contribution is -2.40. The summed E-state index contributed by atoms with van der Waals surface area (Å²) in [6, 6.07) is 6.33. The number of hydrogen-bond acceptors (Lipinski definition) is 3. The topological polar surface area (TPSA) is 38.7 Å². The van der Waals surface area contributed by atoms with Crippen LogP contribution in [0.5, 0.6) is 5.75 Å². The van der Waals surface area contributed by atoms with Gasteiger partial charge in [-0.05, 0) is 43.4 Å². The van der Waals surface area contributed by atoms with Crippen LogP contribution in [0, 0.1) is 0 Å². The standard InChI is InChI=1S/C16H24O3/c1-4-16(2,18-3)15(17)8-6-12-5-7-14-13(11-12)9-10-19-14/h5,7,11,15,17H,4,6,8-10H2,1-3H3. The Bertz CT molecular complexity index is 424. The van der Waals surface area contributed by atoms with E-state index in [-0.39, 0.29) is 0 Å². The number of ether oxygens (including phenoxy) is 2. The lowest BCUT2D eigenvalue weighted by Gasteiger charge is -2.32. The van der Waals surface area contributed by atoms with Crippen LogP contribution in [-0.4, -0.2) is 30.5 Å². The molecule has 0 fully saturated rings. The predicted octanol–water partition coefficient (Wildman–Crippen LogP) is 2.73. The highest BCUT2D eigenvalue weighted by Gasteiger charge is 2.30. The summed E-state index contributed by atoms with van der Waals surface area (Å²) in [6.45, 7) is 4.80. The van der Waals surface area contributed by atoms with Crippen LogP contribution in [0.2, 0.25) is 0 Å². The minimum Gasteiger partial charge on any atom is -0.493 e. The van der Waals surface area contributed by atoms with Gasteiger partial charge in [-0.3, -0.25) is 0 Å². The SMILES string of the molecule is CCC(C)(OC)C(O)CCc1ccc2c(c1)CCO2. The molecule has 0 amide bonds. The minimum atomic E-state index is -0.445. The minimum absolute atomic E-state index is 0.438. The molecule has 19 heavy (non-hydrogen) atoms. The van der Waals surface area contributed by atoms with E-state index in [9.17, 15) is 5.11 Å². The van der Waals surface area contributed by atoms with Gasteiger partial charge in [0.1, 0.15) is 5.75 Å². The third kappa shape index (κ3) is 3.10. The monoisotopic (exact) mass is 264 g/mol. The van der Waals surface area contributed by atoms with Gasteiger partial charge >= 0.3 is 0 Å². The number of aliphatic hydroxyl groups excluding tert-OH is 1. The molecule has 0 aliphatic carbocycles. The Morgan fingerprint density at radius 1 is 1.47 bits per heavy atom. The van der Waals surface area contributed by atoms with Crippen molar-refractivity contribution in [2.45, 2.75) is 51.2 Å². The maximum absolute atomic E-state index is 10.3. The van der Waals surface area contributed by atoms with Crippen molar-refractivity contribution in [1.82, 2.24) is 0 Å². The van der Waals surface area contributed by atoms with Crippen molar-refractivity contribution in [1.29, 1.82) is 0 Å². The van der Waals surface area contributed by atoms with Crippen LogP contribution in [-0.2, 0) is 17.6 Å². The van der Waals surface area contributed by atoms with Crippen LogP contribution in [0.1, 0.15) is 37.8 Å². The van der Waals surface area contributed by atoms with Crippen LogP contribution in [0.25, 0.3) is 0 Å². The molecule has 1 heterocycles. The van der Waals surface area contributed by atoms with Crippen molar-refractivity contribution >= 4 is 0 Å². The highest BCUT2D eigenvalue weighted by Crippen LogP contribution is 2.27. The second kappa shape index (κ2) is 5.93. The lowest BCUT2D eigenvalue weighted by molar-refractivity contribution is -0.0945. The van der Waals surface area contributed by atoms with Crippen LogP contribution in [0.15, 0.2) is 18.2 Å². The van der Waals surface area contributed by atoms with E-state index in [0.29, 0.717) is 0 Å². The van der Waals surface area contributed by atoms with Crippen molar-refractivity contribution in [3.63, 3.8) is 0 Å². The Morgan fingerprint density at radius 2 is 2.26 bits per heavy atom. The van der Waals surface area contributed by atoms with Gasteiger partial charge in [0, 0.05) is 13.5 Å². The Hall–Kier alpha value is -1.06. The summed E-state index contributed by atoms with van der Waals surface area (Å²) >= 11 is 0. The molecule has 0 spiro atoms. The fourth-order valence-electron chi connectivity index (χ4n) is 2.52. The molecular formula is C16H24O3. The number of rotatable bonds is 6. The summed E-state index contributed by atoms with van der Waals surface area (Å²) in [7, 11) is 1.67. The van der Waals surface area contributed by atoms with Crippen molar-refractivity contribution in [3.8, 4) is 5.75 Å². The molecule has 2 atom stereocenters. The van der Waals surface area contributed by atoms with Crippen LogP contribution >= 0.6 is 0 Å². The van der Waals surface area contributed by atoms with Gasteiger partial charge in [0.05, 0.1) is 18.3 Å². The van der Waals surface area contributed by atoms with Gasteiger partial charge in [-0.25, -0.2) is 0 Å². The van der Waals surface area contributed by atoms with E-state index in [1.807, 2.05) is 19.9 Å². The molecule has 0 bridgehead atoms. The molecule has 0 saturated heterocycles. The maximum atomic E-state index is 10.3. The number of aliphatic hydroxyl groups is 1. The summed E-state index contributed by atoms with van der Waals surface area (Å²) < 4.78 is 10.9. The number of aryl methyl sites for hydroxylation is 1. The average Bonchev–Trinajstić information content (AvgIpc) is 2.91. The van der Waals surface area contributed by atoms with Gasteiger partial charge in [-0.2, -0.15) is 0 Å². The smallest absolute Gasteiger partial charge is 0.122 e. The van der Waals surface area contributed by atoms with Crippen LogP contribution < -0.4 is 4.74 Å². The fraction of sp³-hybridized carbons (Fsp3) is 0.625. The summed E-state index contributed by atoms with van der Waals surface area (Å²) in [6.07, 6.45) is 2.96. The molecule has 0 radical (unpaired) electrons. The zero-order valence-corrected chi connectivity index (χ0v) is 12.1. The molecule has 3 heteroatoms. The van der Waals surface area contributed by atoms with E-state index in [1.165, 1.54) is 11.1 Å². The molecular weight excluding hydrogens is 240 g/mol. The third-order valence-electron chi connectivity index (χ3n) is 4.33. The van der Waals surface area contributed by atoms with Crippen LogP contribution in [0.3, 0.4) is 0 Å². The zero-order valence-electron chi connectivity index (χ0n) is 12.1. The highest BCUT2D eigenvalue weighted by molar-refractivity contribution is 5.39. The second-order valence-corrected chi connectivity index (χ2v) is 5.47. The van der Waals surface area contributed by atoms with E-state index in [4.69, 9.17) is 9.47 Å². The van der Waals surface area contributed by atoms with Crippen molar-refractivity contribution in [2.75, 3.05) is 13.7 Å². The van der Waals surface area contributed by atoms with Gasteiger partial charge in [-0.1, -0.05) is 19.1 Å². The molecule has 3 nitrogen and oxygen atoms in total. The average molecular weight is 264 g/mol. The van der Waals surface area contributed by atoms with E-state index in [1.54, 1.807) is 7.11 Å². The molecule has 1 aliphatic rings. The summed E-state index contributed by atoms with van der Waals surface area (Å²) in [5.41, 5.74) is 2.11. The Morgan fingerprint density at radius 3 is 2.95 bits per heavy atom. The number of fused-ring (bicyclic) bond motifs is 1. The Kier molecular flexibility index (Phi) is 4.48. The number of benzene rings is 1. The normalized spacial score (nSPS) is 18.5. The molecule has 1 aromatic rings. The largest absolute Gasteiger partial charge is 0.493 e.